The predicted molar refractivity (Wildman–Crippen MR) is 105 cm³/mol. The number of hydrogen-bond acceptors (Lipinski definition) is 5. The zero-order valence-electron chi connectivity index (χ0n) is 15.3. The number of aromatic nitrogens is 2. The van der Waals surface area contributed by atoms with Crippen molar-refractivity contribution in [3.8, 4) is 0 Å². The molecule has 2 aromatic rings. The molecule has 1 aromatic heterocycles. The third-order valence-corrected chi connectivity index (χ3v) is 4.58. The van der Waals surface area contributed by atoms with Gasteiger partial charge in [-0.2, -0.15) is 0 Å². The van der Waals surface area contributed by atoms with Gasteiger partial charge < -0.3 is 20.5 Å². The molecular weight excluding hydrogens is 366 g/mol. The number of carbonyl (C=O) groups excluding carboxylic acids is 3. The van der Waals surface area contributed by atoms with Gasteiger partial charge in [0.15, 0.2) is 5.16 Å². The lowest BCUT2D eigenvalue weighted by atomic mass is 10.2. The average Bonchev–Trinajstić information content (AvgIpc) is 3.08. The number of imidazole rings is 1. The summed E-state index contributed by atoms with van der Waals surface area (Å²) in [6.45, 7) is 2.47. The fourth-order valence-electron chi connectivity index (χ4n) is 2.11. The van der Waals surface area contributed by atoms with E-state index in [-0.39, 0.29) is 30.0 Å². The van der Waals surface area contributed by atoms with Crippen LogP contribution in [0.4, 0.5) is 5.69 Å². The number of anilines is 1. The second-order valence-electron chi connectivity index (χ2n) is 5.77. The van der Waals surface area contributed by atoms with E-state index < -0.39 is 0 Å². The quantitative estimate of drug-likeness (QED) is 0.563. The van der Waals surface area contributed by atoms with Gasteiger partial charge in [-0.25, -0.2) is 4.98 Å². The summed E-state index contributed by atoms with van der Waals surface area (Å²) < 4.78 is 1.84. The average molecular weight is 389 g/mol. The monoisotopic (exact) mass is 389 g/mol. The minimum absolute atomic E-state index is 0.0677. The van der Waals surface area contributed by atoms with Gasteiger partial charge in [0.05, 0.1) is 12.3 Å². The van der Waals surface area contributed by atoms with E-state index in [2.05, 4.69) is 20.9 Å². The fraction of sp³-hybridized carbons (Fsp3) is 0.333. The Morgan fingerprint density at radius 3 is 2.48 bits per heavy atom. The van der Waals surface area contributed by atoms with Gasteiger partial charge in [-0.05, 0) is 30.7 Å². The summed E-state index contributed by atoms with van der Waals surface area (Å²) in [5.74, 6) is -0.489. The molecule has 0 aliphatic carbocycles. The van der Waals surface area contributed by atoms with Crippen LogP contribution in [-0.2, 0) is 16.6 Å². The van der Waals surface area contributed by atoms with Crippen molar-refractivity contribution in [2.75, 3.05) is 24.2 Å². The molecule has 0 saturated heterocycles. The summed E-state index contributed by atoms with van der Waals surface area (Å²) in [5.41, 5.74) is 1.01. The topological polar surface area (TPSA) is 105 Å². The summed E-state index contributed by atoms with van der Waals surface area (Å²) in [4.78, 5) is 39.7. The van der Waals surface area contributed by atoms with Gasteiger partial charge in [0.2, 0.25) is 11.8 Å². The zero-order valence-corrected chi connectivity index (χ0v) is 16.1. The third-order valence-electron chi connectivity index (χ3n) is 3.52. The predicted octanol–water partition coefficient (Wildman–Crippen LogP) is 1.41. The zero-order chi connectivity index (χ0) is 19.6. The molecule has 0 aliphatic rings. The van der Waals surface area contributed by atoms with Crippen LogP contribution in [0.25, 0.3) is 0 Å². The van der Waals surface area contributed by atoms with Crippen LogP contribution < -0.4 is 16.0 Å². The number of benzene rings is 1. The molecule has 1 aromatic carbocycles. The van der Waals surface area contributed by atoms with Crippen LogP contribution in [-0.4, -0.2) is 46.1 Å². The van der Waals surface area contributed by atoms with Crippen molar-refractivity contribution >= 4 is 35.2 Å². The van der Waals surface area contributed by atoms with Crippen LogP contribution in [0.2, 0.25) is 0 Å². The lowest BCUT2D eigenvalue weighted by Gasteiger charge is -2.08. The maximum absolute atomic E-state index is 12.0. The maximum Gasteiger partial charge on any atom is 0.251 e. The van der Waals surface area contributed by atoms with Crippen LogP contribution in [0.3, 0.4) is 0 Å². The molecule has 9 heteroatoms. The first-order chi connectivity index (χ1) is 13.0. The summed E-state index contributed by atoms with van der Waals surface area (Å²) in [6.07, 6.45) is 4.34. The Balaban J connectivity index is 1.78. The first-order valence-corrected chi connectivity index (χ1v) is 9.53. The molecular formula is C18H23N5O3S. The number of rotatable bonds is 9. The van der Waals surface area contributed by atoms with E-state index in [9.17, 15) is 14.4 Å². The summed E-state index contributed by atoms with van der Waals surface area (Å²) in [7, 11) is 1.87. The highest BCUT2D eigenvalue weighted by Gasteiger charge is 2.09. The van der Waals surface area contributed by atoms with Gasteiger partial charge in [-0.15, -0.1) is 0 Å². The van der Waals surface area contributed by atoms with E-state index >= 15 is 0 Å². The Morgan fingerprint density at radius 2 is 1.85 bits per heavy atom. The van der Waals surface area contributed by atoms with Crippen molar-refractivity contribution in [3.05, 3.63) is 42.2 Å². The van der Waals surface area contributed by atoms with E-state index in [1.807, 2.05) is 24.7 Å². The molecule has 0 fully saturated rings. The highest BCUT2D eigenvalue weighted by Crippen LogP contribution is 2.15. The van der Waals surface area contributed by atoms with Crippen LogP contribution in [0, 0.1) is 0 Å². The molecule has 144 valence electrons. The number of carbonyl (C=O) groups is 3. The summed E-state index contributed by atoms with van der Waals surface area (Å²) in [5, 5.41) is 8.78. The van der Waals surface area contributed by atoms with Gasteiger partial charge in [0.1, 0.15) is 0 Å². The third kappa shape index (κ3) is 6.78. The highest BCUT2D eigenvalue weighted by molar-refractivity contribution is 7.99. The normalized spacial score (nSPS) is 10.3. The van der Waals surface area contributed by atoms with E-state index in [4.69, 9.17) is 0 Å². The van der Waals surface area contributed by atoms with Crippen LogP contribution in [0.1, 0.15) is 23.7 Å². The van der Waals surface area contributed by atoms with Crippen LogP contribution >= 0.6 is 11.8 Å². The summed E-state index contributed by atoms with van der Waals surface area (Å²) >= 11 is 1.34. The highest BCUT2D eigenvalue weighted by atomic mass is 32.2. The molecule has 0 aliphatic heterocycles. The molecule has 0 atom stereocenters. The van der Waals surface area contributed by atoms with Gasteiger partial charge in [-0.3, -0.25) is 14.4 Å². The van der Waals surface area contributed by atoms with Crippen LogP contribution in [0.15, 0.2) is 41.8 Å². The molecule has 0 saturated carbocycles. The number of nitrogens with one attached hydrogen (secondary N) is 3. The SMILES string of the molecule is CCCNC(=O)CNC(=O)c1ccc(NC(=O)CSc2nccn2C)cc1. The molecule has 1 heterocycles. The smallest absolute Gasteiger partial charge is 0.251 e. The Labute approximate surface area is 162 Å². The Hall–Kier alpha value is -2.81. The molecule has 0 spiro atoms. The number of amides is 3. The minimum Gasteiger partial charge on any atom is -0.355 e. The van der Waals surface area contributed by atoms with Gasteiger partial charge in [0, 0.05) is 37.2 Å². The van der Waals surface area contributed by atoms with Crippen molar-refractivity contribution in [2.45, 2.75) is 18.5 Å². The standard InChI is InChI=1S/C18H23N5O3S/c1-3-8-19-15(24)11-21-17(26)13-4-6-14(7-5-13)22-16(25)12-27-18-20-9-10-23(18)2/h4-7,9-10H,3,8,11-12H2,1-2H3,(H,19,24)(H,21,26)(H,22,25). The first kappa shape index (κ1) is 20.5. The van der Waals surface area contributed by atoms with Crippen molar-refractivity contribution in [1.29, 1.82) is 0 Å². The Kier molecular flexibility index (Phi) is 7.87. The Bertz CT molecular complexity index is 789. The molecule has 3 N–H and O–H groups in total. The molecule has 2 rings (SSSR count). The minimum atomic E-state index is -0.343. The largest absolute Gasteiger partial charge is 0.355 e. The number of thioether (sulfide) groups is 1. The van der Waals surface area contributed by atoms with Crippen molar-refractivity contribution in [1.82, 2.24) is 20.2 Å². The maximum atomic E-state index is 12.0. The van der Waals surface area contributed by atoms with E-state index in [1.54, 1.807) is 30.5 Å². The molecule has 8 nitrogen and oxygen atoms in total. The van der Waals surface area contributed by atoms with Crippen molar-refractivity contribution in [3.63, 3.8) is 0 Å². The lowest BCUT2D eigenvalue weighted by Crippen LogP contribution is -2.37. The van der Waals surface area contributed by atoms with Gasteiger partial charge >= 0.3 is 0 Å². The van der Waals surface area contributed by atoms with Crippen molar-refractivity contribution < 1.29 is 14.4 Å². The van der Waals surface area contributed by atoms with Crippen molar-refractivity contribution in [2.24, 2.45) is 7.05 Å². The van der Waals surface area contributed by atoms with E-state index in [1.165, 1.54) is 11.8 Å². The second kappa shape index (κ2) is 10.4. The fourth-order valence-corrected chi connectivity index (χ4v) is 2.84. The molecule has 0 unspecified atom stereocenters. The first-order valence-electron chi connectivity index (χ1n) is 8.54. The molecule has 0 radical (unpaired) electrons. The number of hydrogen-bond donors (Lipinski definition) is 3. The molecule has 27 heavy (non-hydrogen) atoms. The van der Waals surface area contributed by atoms with E-state index in [0.29, 0.717) is 17.8 Å². The molecule has 3 amide bonds. The van der Waals surface area contributed by atoms with Crippen LogP contribution in [0.5, 0.6) is 0 Å². The number of nitrogens with zero attached hydrogens (tertiary/aromatic N) is 2. The van der Waals surface area contributed by atoms with E-state index in [0.717, 1.165) is 11.6 Å². The molecule has 0 bridgehead atoms. The Morgan fingerprint density at radius 1 is 1.11 bits per heavy atom. The number of aryl methyl sites for hydroxylation is 1. The van der Waals surface area contributed by atoms with Gasteiger partial charge in [0.25, 0.3) is 5.91 Å². The summed E-state index contributed by atoms with van der Waals surface area (Å²) in [6, 6.07) is 6.49. The van der Waals surface area contributed by atoms with Gasteiger partial charge in [-0.1, -0.05) is 18.7 Å². The lowest BCUT2D eigenvalue weighted by molar-refractivity contribution is -0.120. The second-order valence-corrected chi connectivity index (χ2v) is 6.71.